The topological polar surface area (TPSA) is 17.1 Å². The smallest absolute Gasteiger partial charge is 0.294 e. The fraction of sp³-hybridized carbons (Fsp3) is 0.250. The molecule has 1 atom stereocenters. The minimum Gasteiger partial charge on any atom is -0.294 e. The van der Waals surface area contributed by atoms with Crippen LogP contribution >= 0.6 is 23.2 Å². The van der Waals surface area contributed by atoms with Gasteiger partial charge in [0.15, 0.2) is 5.78 Å². The molecule has 2 rings (SSSR count). The molecule has 1 nitrogen and oxygen atoms in total. The van der Waals surface area contributed by atoms with E-state index >= 15 is 0 Å². The van der Waals surface area contributed by atoms with Crippen molar-refractivity contribution in [3.05, 3.63) is 74.3 Å². The van der Waals surface area contributed by atoms with Gasteiger partial charge in [-0.25, -0.2) is 4.39 Å². The zero-order chi connectivity index (χ0) is 23.0. The standard InChI is InChI=1S/C20H13Cl2F7O/c1-9-12(5-6-16(21)18(9)22)15(20(27,28)29)8-17(23)11-3-4-13(10(2)30)14(7-11)19(24,25)26/h3-8,15H,1-2H3/b17-8-. The maximum absolute atomic E-state index is 14.7. The van der Waals surface area contributed by atoms with E-state index < -0.39 is 52.1 Å². The molecule has 0 heterocycles. The number of carbonyl (C=O) groups is 1. The molecule has 2 aromatic rings. The summed E-state index contributed by atoms with van der Waals surface area (Å²) < 4.78 is 95.1. The normalized spacial score (nSPS) is 14.0. The number of carbonyl (C=O) groups excluding carboxylic acids is 1. The number of Topliss-reactive ketones (excluding diaryl/α,β-unsaturated/α-hetero) is 1. The van der Waals surface area contributed by atoms with Gasteiger partial charge in [-0.05, 0) is 43.2 Å². The van der Waals surface area contributed by atoms with Crippen LogP contribution in [0.5, 0.6) is 0 Å². The fourth-order valence-electron chi connectivity index (χ4n) is 2.84. The van der Waals surface area contributed by atoms with Crippen molar-refractivity contribution in [3.8, 4) is 0 Å². The summed E-state index contributed by atoms with van der Waals surface area (Å²) >= 11 is 11.6. The average molecular weight is 473 g/mol. The van der Waals surface area contributed by atoms with Crippen molar-refractivity contribution in [2.75, 3.05) is 0 Å². The Bertz CT molecular complexity index is 1010. The van der Waals surface area contributed by atoms with E-state index in [9.17, 15) is 35.5 Å². The van der Waals surface area contributed by atoms with Crippen LogP contribution in [0, 0.1) is 6.92 Å². The summed E-state index contributed by atoms with van der Waals surface area (Å²) in [6, 6.07) is 3.97. The summed E-state index contributed by atoms with van der Waals surface area (Å²) in [4.78, 5) is 11.4. The second-order valence-electron chi connectivity index (χ2n) is 6.42. The quantitative estimate of drug-likeness (QED) is 0.323. The third kappa shape index (κ3) is 5.16. The predicted octanol–water partition coefficient (Wildman–Crippen LogP) is 8.18. The van der Waals surface area contributed by atoms with Crippen LogP contribution in [0.1, 0.15) is 45.5 Å². The minimum atomic E-state index is -5.00. The van der Waals surface area contributed by atoms with Crippen molar-refractivity contribution in [1.29, 1.82) is 0 Å². The largest absolute Gasteiger partial charge is 0.417 e. The maximum Gasteiger partial charge on any atom is 0.417 e. The molecule has 0 bridgehead atoms. The van der Waals surface area contributed by atoms with E-state index in [4.69, 9.17) is 23.2 Å². The molecule has 0 radical (unpaired) electrons. The summed E-state index contributed by atoms with van der Waals surface area (Å²) in [5.74, 6) is -4.95. The van der Waals surface area contributed by atoms with Gasteiger partial charge in [-0.2, -0.15) is 26.3 Å². The second-order valence-corrected chi connectivity index (χ2v) is 7.21. The Hall–Kier alpha value is -2.06. The highest BCUT2D eigenvalue weighted by atomic mass is 35.5. The van der Waals surface area contributed by atoms with E-state index in [0.717, 1.165) is 31.2 Å². The molecular weight excluding hydrogens is 460 g/mol. The van der Waals surface area contributed by atoms with Gasteiger partial charge >= 0.3 is 12.4 Å². The Balaban J connectivity index is 2.64. The van der Waals surface area contributed by atoms with Gasteiger partial charge < -0.3 is 0 Å². The van der Waals surface area contributed by atoms with Crippen LogP contribution < -0.4 is 0 Å². The molecule has 0 fully saturated rings. The van der Waals surface area contributed by atoms with E-state index in [1.165, 1.54) is 6.92 Å². The first-order chi connectivity index (χ1) is 13.6. The zero-order valence-corrected chi connectivity index (χ0v) is 16.9. The van der Waals surface area contributed by atoms with Gasteiger partial charge in [0.25, 0.3) is 0 Å². The van der Waals surface area contributed by atoms with Crippen molar-refractivity contribution < 1.29 is 35.5 Å². The lowest BCUT2D eigenvalue weighted by Crippen LogP contribution is -2.20. The Morgan fingerprint density at radius 1 is 1.03 bits per heavy atom. The van der Waals surface area contributed by atoms with Gasteiger partial charge in [0.2, 0.25) is 0 Å². The van der Waals surface area contributed by atoms with Crippen molar-refractivity contribution >= 4 is 34.8 Å². The number of alkyl halides is 6. The molecule has 162 valence electrons. The number of hydrogen-bond acceptors (Lipinski definition) is 1. The van der Waals surface area contributed by atoms with Crippen LogP contribution in [-0.2, 0) is 6.18 Å². The molecule has 0 aromatic heterocycles. The molecule has 0 saturated heterocycles. The Kier molecular flexibility index (Phi) is 6.93. The van der Waals surface area contributed by atoms with Crippen LogP contribution in [0.15, 0.2) is 36.4 Å². The van der Waals surface area contributed by atoms with E-state index in [2.05, 4.69) is 0 Å². The molecule has 0 aliphatic rings. The Labute approximate surface area is 177 Å². The van der Waals surface area contributed by atoms with Gasteiger partial charge in [0.05, 0.1) is 15.6 Å². The number of ketones is 1. The molecule has 0 aliphatic carbocycles. The van der Waals surface area contributed by atoms with Crippen LogP contribution in [0.2, 0.25) is 10.0 Å². The predicted molar refractivity (Wildman–Crippen MR) is 101 cm³/mol. The number of rotatable bonds is 4. The number of benzene rings is 2. The van der Waals surface area contributed by atoms with Gasteiger partial charge in [0, 0.05) is 11.1 Å². The van der Waals surface area contributed by atoms with E-state index in [1.54, 1.807) is 0 Å². The SMILES string of the molecule is CC(=O)c1ccc(/C(F)=C/C(c2ccc(Cl)c(Cl)c2C)C(F)(F)F)cc1C(F)(F)F. The second kappa shape index (κ2) is 8.59. The van der Waals surface area contributed by atoms with Crippen LogP contribution in [0.4, 0.5) is 30.7 Å². The molecule has 30 heavy (non-hydrogen) atoms. The number of hydrogen-bond donors (Lipinski definition) is 0. The first-order valence-corrected chi connectivity index (χ1v) is 9.01. The summed E-state index contributed by atoms with van der Waals surface area (Å²) in [6.45, 7) is 2.15. The van der Waals surface area contributed by atoms with E-state index in [1.807, 2.05) is 0 Å². The Morgan fingerprint density at radius 2 is 1.63 bits per heavy atom. The zero-order valence-electron chi connectivity index (χ0n) is 15.4. The third-order valence-corrected chi connectivity index (χ3v) is 5.26. The van der Waals surface area contributed by atoms with Gasteiger partial charge in [-0.1, -0.05) is 41.4 Å². The van der Waals surface area contributed by atoms with Gasteiger partial charge in [-0.3, -0.25) is 4.79 Å². The lowest BCUT2D eigenvalue weighted by atomic mass is 9.92. The lowest BCUT2D eigenvalue weighted by molar-refractivity contribution is -0.140. The van der Waals surface area contributed by atoms with Crippen molar-refractivity contribution in [2.45, 2.75) is 32.1 Å². The maximum atomic E-state index is 14.7. The van der Waals surface area contributed by atoms with E-state index in [-0.39, 0.29) is 21.7 Å². The highest BCUT2D eigenvalue weighted by molar-refractivity contribution is 6.42. The van der Waals surface area contributed by atoms with Gasteiger partial charge in [-0.15, -0.1) is 0 Å². The van der Waals surface area contributed by atoms with Crippen LogP contribution in [-0.4, -0.2) is 12.0 Å². The molecule has 0 saturated carbocycles. The summed E-state index contributed by atoms with van der Waals surface area (Å²) in [6.07, 6.45) is -9.80. The highest BCUT2D eigenvalue weighted by Crippen LogP contribution is 2.42. The monoisotopic (exact) mass is 472 g/mol. The fourth-order valence-corrected chi connectivity index (χ4v) is 3.22. The molecular formula is C20H13Cl2F7O. The number of halogens is 9. The van der Waals surface area contributed by atoms with Crippen LogP contribution in [0.25, 0.3) is 5.83 Å². The van der Waals surface area contributed by atoms with Crippen molar-refractivity contribution in [1.82, 2.24) is 0 Å². The molecule has 10 heteroatoms. The number of allylic oxidation sites excluding steroid dienone is 1. The van der Waals surface area contributed by atoms with Gasteiger partial charge in [0.1, 0.15) is 11.7 Å². The molecule has 2 aromatic carbocycles. The molecule has 0 spiro atoms. The van der Waals surface area contributed by atoms with Crippen molar-refractivity contribution in [2.24, 2.45) is 0 Å². The molecule has 0 aliphatic heterocycles. The van der Waals surface area contributed by atoms with E-state index in [0.29, 0.717) is 6.07 Å². The molecule has 0 N–H and O–H groups in total. The van der Waals surface area contributed by atoms with Crippen molar-refractivity contribution in [3.63, 3.8) is 0 Å². The molecule has 1 unspecified atom stereocenters. The first kappa shape index (κ1) is 24.2. The first-order valence-electron chi connectivity index (χ1n) is 8.25. The molecule has 0 amide bonds. The summed E-state index contributed by atoms with van der Waals surface area (Å²) in [5, 5.41) is -0.152. The summed E-state index contributed by atoms with van der Waals surface area (Å²) in [5.41, 5.74) is -3.35. The average Bonchev–Trinajstić information content (AvgIpc) is 2.62. The highest BCUT2D eigenvalue weighted by Gasteiger charge is 2.41. The van der Waals surface area contributed by atoms with Crippen LogP contribution in [0.3, 0.4) is 0 Å². The Morgan fingerprint density at radius 3 is 2.13 bits per heavy atom. The lowest BCUT2D eigenvalue weighted by Gasteiger charge is -2.21. The third-order valence-electron chi connectivity index (χ3n) is 4.36. The minimum absolute atomic E-state index is 0.00191. The summed E-state index contributed by atoms with van der Waals surface area (Å²) in [7, 11) is 0.